The Morgan fingerprint density at radius 2 is 2.24 bits per heavy atom. The Balaban J connectivity index is 2.05. The van der Waals surface area contributed by atoms with Crippen molar-refractivity contribution in [3.63, 3.8) is 0 Å². The zero-order valence-electron chi connectivity index (χ0n) is 9.76. The van der Waals surface area contributed by atoms with E-state index in [1.807, 2.05) is 36.7 Å². The van der Waals surface area contributed by atoms with Crippen molar-refractivity contribution in [3.8, 4) is 5.69 Å². The van der Waals surface area contributed by atoms with E-state index in [0.29, 0.717) is 5.92 Å². The predicted molar refractivity (Wildman–Crippen MR) is 65.5 cm³/mol. The van der Waals surface area contributed by atoms with E-state index in [2.05, 4.69) is 9.55 Å². The summed E-state index contributed by atoms with van der Waals surface area (Å²) in [7, 11) is 0. The molecule has 0 radical (unpaired) electrons. The van der Waals surface area contributed by atoms with E-state index in [9.17, 15) is 4.79 Å². The third-order valence-electron chi connectivity index (χ3n) is 3.14. The number of benzene rings is 1. The van der Waals surface area contributed by atoms with Crippen molar-refractivity contribution >= 4 is 5.78 Å². The molecule has 1 fully saturated rings. The fourth-order valence-electron chi connectivity index (χ4n) is 2.05. The highest BCUT2D eigenvalue weighted by Crippen LogP contribution is 2.39. The summed E-state index contributed by atoms with van der Waals surface area (Å²) in [5.74, 6) is 1.82. The minimum atomic E-state index is 0.0972. The third kappa shape index (κ3) is 1.88. The van der Waals surface area contributed by atoms with Gasteiger partial charge < -0.3 is 4.57 Å². The van der Waals surface area contributed by atoms with Crippen LogP contribution in [0.1, 0.15) is 41.9 Å². The molecule has 0 atom stereocenters. The van der Waals surface area contributed by atoms with Gasteiger partial charge in [-0.05, 0) is 31.9 Å². The molecule has 3 rings (SSSR count). The molecule has 1 saturated carbocycles. The molecular formula is C14H14N2O. The summed E-state index contributed by atoms with van der Waals surface area (Å²) in [6.45, 7) is 1.59. The molecule has 1 heterocycles. The van der Waals surface area contributed by atoms with E-state index in [0.717, 1.165) is 17.1 Å². The van der Waals surface area contributed by atoms with Gasteiger partial charge in [0, 0.05) is 29.6 Å². The van der Waals surface area contributed by atoms with Gasteiger partial charge in [-0.3, -0.25) is 4.79 Å². The largest absolute Gasteiger partial charge is 0.304 e. The average molecular weight is 226 g/mol. The van der Waals surface area contributed by atoms with E-state index in [1.165, 1.54) is 12.8 Å². The molecule has 0 aliphatic heterocycles. The van der Waals surface area contributed by atoms with E-state index < -0.39 is 0 Å². The van der Waals surface area contributed by atoms with Gasteiger partial charge in [0.15, 0.2) is 5.78 Å². The van der Waals surface area contributed by atoms with E-state index >= 15 is 0 Å². The Bertz CT molecular complexity index is 567. The van der Waals surface area contributed by atoms with Gasteiger partial charge in [0.1, 0.15) is 5.82 Å². The van der Waals surface area contributed by atoms with Crippen molar-refractivity contribution in [2.75, 3.05) is 0 Å². The molecule has 1 aliphatic carbocycles. The lowest BCUT2D eigenvalue weighted by atomic mass is 10.1. The van der Waals surface area contributed by atoms with Crippen LogP contribution in [0.25, 0.3) is 5.69 Å². The summed E-state index contributed by atoms with van der Waals surface area (Å²) < 4.78 is 2.09. The molecule has 1 aromatic carbocycles. The number of nitrogens with zero attached hydrogens (tertiary/aromatic N) is 2. The van der Waals surface area contributed by atoms with Gasteiger partial charge in [0.25, 0.3) is 0 Å². The first-order valence-corrected chi connectivity index (χ1v) is 5.90. The van der Waals surface area contributed by atoms with Gasteiger partial charge in [-0.1, -0.05) is 12.1 Å². The van der Waals surface area contributed by atoms with Crippen molar-refractivity contribution in [1.82, 2.24) is 9.55 Å². The molecule has 3 heteroatoms. The molecule has 17 heavy (non-hydrogen) atoms. The fraction of sp³-hybridized carbons (Fsp3) is 0.286. The minimum Gasteiger partial charge on any atom is -0.304 e. The maximum atomic E-state index is 11.4. The van der Waals surface area contributed by atoms with Crippen molar-refractivity contribution in [2.24, 2.45) is 0 Å². The molecule has 0 N–H and O–H groups in total. The summed E-state index contributed by atoms with van der Waals surface area (Å²) >= 11 is 0. The summed E-state index contributed by atoms with van der Waals surface area (Å²) in [4.78, 5) is 15.8. The molecule has 0 saturated heterocycles. The lowest BCUT2D eigenvalue weighted by Crippen LogP contribution is -2.01. The van der Waals surface area contributed by atoms with Crippen LogP contribution in [0, 0.1) is 0 Å². The molecular weight excluding hydrogens is 212 g/mol. The Hall–Kier alpha value is -1.90. The van der Waals surface area contributed by atoms with Crippen LogP contribution in [-0.4, -0.2) is 15.3 Å². The van der Waals surface area contributed by atoms with Crippen molar-refractivity contribution in [1.29, 1.82) is 0 Å². The molecule has 1 aliphatic rings. The average Bonchev–Trinajstić information content (AvgIpc) is 3.07. The normalized spacial score (nSPS) is 14.9. The summed E-state index contributed by atoms with van der Waals surface area (Å²) in [6, 6.07) is 7.71. The zero-order valence-corrected chi connectivity index (χ0v) is 9.76. The van der Waals surface area contributed by atoms with Crippen LogP contribution in [0.5, 0.6) is 0 Å². The standard InChI is InChI=1S/C14H14N2O/c1-10(17)12-3-2-4-13(9-12)16-8-7-15-14(16)11-5-6-11/h2-4,7-9,11H,5-6H2,1H3. The van der Waals surface area contributed by atoms with Gasteiger partial charge in [-0.15, -0.1) is 0 Å². The van der Waals surface area contributed by atoms with Gasteiger partial charge in [0.05, 0.1) is 0 Å². The lowest BCUT2D eigenvalue weighted by molar-refractivity contribution is 0.101. The highest BCUT2D eigenvalue weighted by atomic mass is 16.1. The number of aromatic nitrogens is 2. The van der Waals surface area contributed by atoms with Crippen molar-refractivity contribution in [2.45, 2.75) is 25.7 Å². The van der Waals surface area contributed by atoms with Gasteiger partial charge >= 0.3 is 0 Å². The Morgan fingerprint density at radius 3 is 2.94 bits per heavy atom. The second-order valence-electron chi connectivity index (χ2n) is 4.54. The van der Waals surface area contributed by atoms with Gasteiger partial charge in [0.2, 0.25) is 0 Å². The molecule has 86 valence electrons. The monoisotopic (exact) mass is 226 g/mol. The van der Waals surface area contributed by atoms with Crippen LogP contribution in [0.2, 0.25) is 0 Å². The number of ketones is 1. The maximum Gasteiger partial charge on any atom is 0.159 e. The number of rotatable bonds is 3. The smallest absolute Gasteiger partial charge is 0.159 e. The number of hydrogen-bond acceptors (Lipinski definition) is 2. The number of hydrogen-bond donors (Lipinski definition) is 0. The quantitative estimate of drug-likeness (QED) is 0.754. The van der Waals surface area contributed by atoms with Crippen LogP contribution in [0.3, 0.4) is 0 Å². The molecule has 2 aromatic rings. The SMILES string of the molecule is CC(=O)c1cccc(-n2ccnc2C2CC2)c1. The first-order valence-electron chi connectivity index (χ1n) is 5.90. The second-order valence-corrected chi connectivity index (χ2v) is 4.54. The predicted octanol–water partition coefficient (Wildman–Crippen LogP) is 2.95. The van der Waals surface area contributed by atoms with E-state index in [1.54, 1.807) is 6.92 Å². The number of imidazole rings is 1. The zero-order chi connectivity index (χ0) is 11.8. The van der Waals surface area contributed by atoms with Crippen molar-refractivity contribution < 1.29 is 4.79 Å². The summed E-state index contributed by atoms with van der Waals surface area (Å²) in [5.41, 5.74) is 1.77. The van der Waals surface area contributed by atoms with Crippen LogP contribution < -0.4 is 0 Å². The van der Waals surface area contributed by atoms with Crippen molar-refractivity contribution in [3.05, 3.63) is 48.0 Å². The first-order chi connectivity index (χ1) is 8.25. The number of carbonyl (C=O) groups excluding carboxylic acids is 1. The highest BCUT2D eigenvalue weighted by molar-refractivity contribution is 5.94. The lowest BCUT2D eigenvalue weighted by Gasteiger charge is -2.08. The maximum absolute atomic E-state index is 11.4. The Morgan fingerprint density at radius 1 is 1.41 bits per heavy atom. The molecule has 1 aromatic heterocycles. The van der Waals surface area contributed by atoms with E-state index in [-0.39, 0.29) is 5.78 Å². The third-order valence-corrected chi connectivity index (χ3v) is 3.14. The molecule has 3 nitrogen and oxygen atoms in total. The number of carbonyl (C=O) groups is 1. The summed E-state index contributed by atoms with van der Waals surface area (Å²) in [5, 5.41) is 0. The number of Topliss-reactive ketones (excluding diaryl/α,β-unsaturated/α-hetero) is 1. The highest BCUT2D eigenvalue weighted by Gasteiger charge is 2.28. The van der Waals surface area contributed by atoms with Crippen LogP contribution in [0.15, 0.2) is 36.7 Å². The summed E-state index contributed by atoms with van der Waals surface area (Å²) in [6.07, 6.45) is 6.24. The van der Waals surface area contributed by atoms with Crippen LogP contribution >= 0.6 is 0 Å². The molecule has 0 bridgehead atoms. The second kappa shape index (κ2) is 3.84. The first kappa shape index (κ1) is 10.3. The molecule has 0 unspecified atom stereocenters. The van der Waals surface area contributed by atoms with E-state index in [4.69, 9.17) is 0 Å². The Kier molecular flexibility index (Phi) is 2.32. The van der Waals surface area contributed by atoms with Gasteiger partial charge in [-0.25, -0.2) is 4.98 Å². The fourth-order valence-corrected chi connectivity index (χ4v) is 2.05. The van der Waals surface area contributed by atoms with Gasteiger partial charge in [-0.2, -0.15) is 0 Å². The molecule has 0 spiro atoms. The van der Waals surface area contributed by atoms with Crippen LogP contribution in [-0.2, 0) is 0 Å². The topological polar surface area (TPSA) is 34.9 Å². The molecule has 0 amide bonds. The minimum absolute atomic E-state index is 0.0972. The van der Waals surface area contributed by atoms with Crippen LogP contribution in [0.4, 0.5) is 0 Å². The Labute approximate surface area is 100 Å².